The largest absolute Gasteiger partial charge is 0.321 e. The number of nitriles is 1. The maximum Gasteiger partial charge on any atom is 0.266 e. The number of aryl methyl sites for hydroxylation is 2. The Morgan fingerprint density at radius 2 is 1.96 bits per heavy atom. The summed E-state index contributed by atoms with van der Waals surface area (Å²) < 4.78 is 2.00. The molecule has 0 spiro atoms. The van der Waals surface area contributed by atoms with Crippen molar-refractivity contribution in [1.82, 2.24) is 9.55 Å². The van der Waals surface area contributed by atoms with Gasteiger partial charge in [-0.1, -0.05) is 25.1 Å². The van der Waals surface area contributed by atoms with Gasteiger partial charge in [0.15, 0.2) is 0 Å². The zero-order valence-electron chi connectivity index (χ0n) is 16.2. The van der Waals surface area contributed by atoms with Crippen molar-refractivity contribution in [2.24, 2.45) is 0 Å². The maximum absolute atomic E-state index is 12.6. The Morgan fingerprint density at radius 1 is 1.21 bits per heavy atom. The zero-order chi connectivity index (χ0) is 20.1. The van der Waals surface area contributed by atoms with Crippen molar-refractivity contribution >= 4 is 17.7 Å². The highest BCUT2D eigenvalue weighted by molar-refractivity contribution is 6.09. The van der Waals surface area contributed by atoms with Crippen molar-refractivity contribution in [3.05, 3.63) is 82.8 Å². The second-order valence-electron chi connectivity index (χ2n) is 6.52. The van der Waals surface area contributed by atoms with Crippen LogP contribution in [0.25, 0.3) is 11.9 Å². The van der Waals surface area contributed by atoms with Crippen LogP contribution in [0.3, 0.4) is 0 Å². The van der Waals surface area contributed by atoms with Gasteiger partial charge >= 0.3 is 0 Å². The molecule has 0 unspecified atom stereocenters. The van der Waals surface area contributed by atoms with Crippen molar-refractivity contribution in [3.63, 3.8) is 0 Å². The second-order valence-corrected chi connectivity index (χ2v) is 6.52. The summed E-state index contributed by atoms with van der Waals surface area (Å²) in [6.45, 7) is 6.00. The first-order valence-electron chi connectivity index (χ1n) is 9.16. The molecule has 0 aliphatic heterocycles. The fourth-order valence-electron chi connectivity index (χ4n) is 3.10. The number of carbonyl (C=O) groups is 1. The third-order valence-corrected chi connectivity index (χ3v) is 4.63. The van der Waals surface area contributed by atoms with Crippen LogP contribution in [0, 0.1) is 25.2 Å². The number of carbonyl (C=O) groups excluding carboxylic acids is 1. The molecule has 1 aromatic carbocycles. The summed E-state index contributed by atoms with van der Waals surface area (Å²) in [5.41, 5.74) is 4.63. The van der Waals surface area contributed by atoms with Gasteiger partial charge in [0.05, 0.1) is 0 Å². The molecule has 1 N–H and O–H groups in total. The van der Waals surface area contributed by atoms with E-state index in [9.17, 15) is 10.1 Å². The van der Waals surface area contributed by atoms with E-state index in [-0.39, 0.29) is 5.57 Å². The first kappa shape index (κ1) is 19.1. The standard InChI is InChI=1S/C23H22N4O/c1-4-18-8-10-21(11-9-18)26-23(28)20(15-24)14-19-13-16(2)27(17(19)3)22-7-5-6-12-25-22/h5-14H,4H2,1-3H3,(H,26,28)/b20-14-. The molecule has 3 aromatic rings. The predicted molar refractivity (Wildman–Crippen MR) is 111 cm³/mol. The summed E-state index contributed by atoms with van der Waals surface area (Å²) in [7, 11) is 0. The van der Waals surface area contributed by atoms with Crippen molar-refractivity contribution < 1.29 is 4.79 Å². The molecular formula is C23H22N4O. The van der Waals surface area contributed by atoms with Crippen molar-refractivity contribution in [2.45, 2.75) is 27.2 Å². The minimum atomic E-state index is -0.422. The molecule has 0 radical (unpaired) electrons. The number of nitrogens with zero attached hydrogens (tertiary/aromatic N) is 3. The van der Waals surface area contributed by atoms with Crippen LogP contribution >= 0.6 is 0 Å². The quantitative estimate of drug-likeness (QED) is 0.527. The molecule has 2 aromatic heterocycles. The summed E-state index contributed by atoms with van der Waals surface area (Å²) >= 11 is 0. The topological polar surface area (TPSA) is 70.7 Å². The number of aromatic nitrogens is 2. The Bertz CT molecular complexity index is 1050. The van der Waals surface area contributed by atoms with Crippen LogP contribution in [0.5, 0.6) is 0 Å². The van der Waals surface area contributed by atoms with Crippen LogP contribution in [-0.4, -0.2) is 15.5 Å². The molecular weight excluding hydrogens is 348 g/mol. The Hall–Kier alpha value is -3.65. The molecule has 3 rings (SSSR count). The lowest BCUT2D eigenvalue weighted by molar-refractivity contribution is -0.112. The number of pyridine rings is 1. The number of nitrogens with one attached hydrogen (secondary N) is 1. The maximum atomic E-state index is 12.6. The van der Waals surface area contributed by atoms with Gasteiger partial charge in [-0.15, -0.1) is 0 Å². The predicted octanol–water partition coefficient (Wildman–Crippen LogP) is 4.60. The van der Waals surface area contributed by atoms with Crippen LogP contribution in [0.2, 0.25) is 0 Å². The molecule has 1 amide bonds. The lowest BCUT2D eigenvalue weighted by Gasteiger charge is -2.08. The van der Waals surface area contributed by atoms with Crippen LogP contribution in [0.4, 0.5) is 5.69 Å². The molecule has 0 fully saturated rings. The smallest absolute Gasteiger partial charge is 0.266 e. The average molecular weight is 370 g/mol. The van der Waals surface area contributed by atoms with Gasteiger partial charge in [-0.05, 0) is 67.8 Å². The van der Waals surface area contributed by atoms with Gasteiger partial charge in [0, 0.05) is 23.3 Å². The normalized spacial score (nSPS) is 11.1. The molecule has 28 heavy (non-hydrogen) atoms. The first-order chi connectivity index (χ1) is 13.5. The molecule has 0 saturated carbocycles. The Kier molecular flexibility index (Phi) is 5.71. The first-order valence-corrected chi connectivity index (χ1v) is 9.16. The molecule has 0 atom stereocenters. The van der Waals surface area contributed by atoms with Gasteiger partial charge in [0.1, 0.15) is 17.5 Å². The molecule has 5 nitrogen and oxygen atoms in total. The molecule has 0 aliphatic rings. The zero-order valence-corrected chi connectivity index (χ0v) is 16.2. The van der Waals surface area contributed by atoms with E-state index < -0.39 is 5.91 Å². The highest BCUT2D eigenvalue weighted by Crippen LogP contribution is 2.22. The number of amides is 1. The van der Waals surface area contributed by atoms with E-state index in [0.29, 0.717) is 5.69 Å². The van der Waals surface area contributed by atoms with E-state index in [1.165, 1.54) is 5.56 Å². The molecule has 2 heterocycles. The third-order valence-electron chi connectivity index (χ3n) is 4.63. The monoisotopic (exact) mass is 370 g/mol. The minimum Gasteiger partial charge on any atom is -0.321 e. The molecule has 0 aliphatic carbocycles. The van der Waals surface area contributed by atoms with Crippen LogP contribution in [0.15, 0.2) is 60.3 Å². The number of rotatable bonds is 5. The fourth-order valence-corrected chi connectivity index (χ4v) is 3.10. The average Bonchev–Trinajstić information content (AvgIpc) is 3.00. The summed E-state index contributed by atoms with van der Waals surface area (Å²) in [6, 6.07) is 17.3. The lowest BCUT2D eigenvalue weighted by Crippen LogP contribution is -2.13. The number of anilines is 1. The molecule has 140 valence electrons. The Balaban J connectivity index is 1.88. The van der Waals surface area contributed by atoms with Gasteiger partial charge in [-0.3, -0.25) is 4.79 Å². The number of hydrogen-bond donors (Lipinski definition) is 1. The third kappa shape index (κ3) is 4.02. The van der Waals surface area contributed by atoms with E-state index in [2.05, 4.69) is 17.2 Å². The van der Waals surface area contributed by atoms with E-state index >= 15 is 0 Å². The van der Waals surface area contributed by atoms with E-state index in [1.807, 2.05) is 73.0 Å². The molecule has 0 saturated heterocycles. The summed E-state index contributed by atoms with van der Waals surface area (Å²) in [5.74, 6) is 0.380. The summed E-state index contributed by atoms with van der Waals surface area (Å²) in [4.78, 5) is 16.9. The van der Waals surface area contributed by atoms with Crippen LogP contribution in [-0.2, 0) is 11.2 Å². The van der Waals surface area contributed by atoms with Gasteiger partial charge in [0.2, 0.25) is 0 Å². The fraction of sp³-hybridized carbons (Fsp3) is 0.174. The van der Waals surface area contributed by atoms with E-state index in [0.717, 1.165) is 29.2 Å². The number of benzene rings is 1. The molecule has 0 bridgehead atoms. The Morgan fingerprint density at radius 3 is 2.57 bits per heavy atom. The van der Waals surface area contributed by atoms with Gasteiger partial charge in [0.25, 0.3) is 5.91 Å². The van der Waals surface area contributed by atoms with Crippen LogP contribution in [0.1, 0.15) is 29.4 Å². The molecule has 5 heteroatoms. The summed E-state index contributed by atoms with van der Waals surface area (Å²) in [6.07, 6.45) is 4.29. The SMILES string of the molecule is CCc1ccc(NC(=O)/C(C#N)=C\c2cc(C)n(-c3ccccn3)c2C)cc1. The van der Waals surface area contributed by atoms with Gasteiger partial charge in [-0.25, -0.2) is 4.98 Å². The van der Waals surface area contributed by atoms with Crippen LogP contribution < -0.4 is 5.32 Å². The van der Waals surface area contributed by atoms with Crippen molar-refractivity contribution in [2.75, 3.05) is 5.32 Å². The highest BCUT2D eigenvalue weighted by Gasteiger charge is 2.14. The highest BCUT2D eigenvalue weighted by atomic mass is 16.1. The second kappa shape index (κ2) is 8.36. The van der Waals surface area contributed by atoms with Crippen molar-refractivity contribution in [3.8, 4) is 11.9 Å². The minimum absolute atomic E-state index is 0.0563. The lowest BCUT2D eigenvalue weighted by atomic mass is 10.1. The van der Waals surface area contributed by atoms with Gasteiger partial charge in [-0.2, -0.15) is 5.26 Å². The van der Waals surface area contributed by atoms with Gasteiger partial charge < -0.3 is 9.88 Å². The Labute approximate surface area is 165 Å². The van der Waals surface area contributed by atoms with E-state index in [4.69, 9.17) is 0 Å². The summed E-state index contributed by atoms with van der Waals surface area (Å²) in [5, 5.41) is 12.3. The van der Waals surface area contributed by atoms with E-state index in [1.54, 1.807) is 12.3 Å². The van der Waals surface area contributed by atoms with Crippen molar-refractivity contribution in [1.29, 1.82) is 5.26 Å². The number of hydrogen-bond acceptors (Lipinski definition) is 3.